The molecule has 0 radical (unpaired) electrons. The number of fused-ring (bicyclic) bond motifs is 1. The molecule has 2 aromatic rings. The summed E-state index contributed by atoms with van der Waals surface area (Å²) >= 11 is 11.6. The molecule has 1 aromatic carbocycles. The van der Waals surface area contributed by atoms with E-state index in [0.29, 0.717) is 0 Å². The van der Waals surface area contributed by atoms with Crippen molar-refractivity contribution in [1.29, 1.82) is 0 Å². The third-order valence-electron chi connectivity index (χ3n) is 2.58. The first kappa shape index (κ1) is 13.2. The summed E-state index contributed by atoms with van der Waals surface area (Å²) in [5.74, 6) is 0. The van der Waals surface area contributed by atoms with Crippen LogP contribution in [0.1, 0.15) is 11.3 Å². The molecule has 1 aromatic heterocycles. The van der Waals surface area contributed by atoms with Crippen LogP contribution in [-0.4, -0.2) is 4.98 Å². The van der Waals surface area contributed by atoms with Crippen LogP contribution in [0.4, 0.5) is 13.2 Å². The summed E-state index contributed by atoms with van der Waals surface area (Å²) in [6.45, 7) is 1.10. The van der Waals surface area contributed by atoms with Crippen molar-refractivity contribution in [1.82, 2.24) is 4.98 Å². The molecule has 1 heterocycles. The number of aromatic nitrogens is 1. The van der Waals surface area contributed by atoms with Gasteiger partial charge in [-0.05, 0) is 19.1 Å². The molecule has 0 saturated carbocycles. The van der Waals surface area contributed by atoms with Crippen LogP contribution in [-0.2, 0) is 6.18 Å². The highest BCUT2D eigenvalue weighted by Gasteiger charge is 2.35. The molecule has 18 heavy (non-hydrogen) atoms. The van der Waals surface area contributed by atoms with Gasteiger partial charge in [0, 0.05) is 5.56 Å². The Morgan fingerprint density at radius 1 is 1.17 bits per heavy atom. The maximum absolute atomic E-state index is 12.7. The fourth-order valence-corrected chi connectivity index (χ4v) is 2.15. The molecule has 96 valence electrons. The lowest BCUT2D eigenvalue weighted by Gasteiger charge is -2.12. The number of pyridine rings is 1. The van der Waals surface area contributed by atoms with E-state index in [-0.39, 0.29) is 20.9 Å². The molecule has 0 bridgehead atoms. The summed E-state index contributed by atoms with van der Waals surface area (Å²) in [6, 6.07) is 2.70. The maximum atomic E-state index is 12.7. The number of rotatable bonds is 0. The number of H-pyrrole nitrogens is 1. The van der Waals surface area contributed by atoms with Gasteiger partial charge < -0.3 is 4.98 Å². The summed E-state index contributed by atoms with van der Waals surface area (Å²) < 4.78 is 38.2. The Balaban J connectivity index is 3.02. The first-order valence-corrected chi connectivity index (χ1v) is 5.57. The van der Waals surface area contributed by atoms with Gasteiger partial charge in [-0.25, -0.2) is 0 Å². The summed E-state index contributed by atoms with van der Waals surface area (Å²) in [4.78, 5) is 14.0. The standard InChI is InChI=1S/C11H6Cl2F3NO/c1-4-9(18)7-5(12)2-3-6(13)8(7)17-10(4)11(14,15)16/h2-3H,1H3,(H,17,18). The smallest absolute Gasteiger partial charge is 0.349 e. The van der Waals surface area contributed by atoms with Crippen LogP contribution in [0, 0.1) is 6.92 Å². The van der Waals surface area contributed by atoms with Gasteiger partial charge in [0.25, 0.3) is 0 Å². The van der Waals surface area contributed by atoms with E-state index in [2.05, 4.69) is 4.98 Å². The van der Waals surface area contributed by atoms with Crippen LogP contribution in [0.2, 0.25) is 10.0 Å². The summed E-state index contributed by atoms with van der Waals surface area (Å²) in [5, 5.41) is 0.0409. The van der Waals surface area contributed by atoms with Crippen molar-refractivity contribution in [3.8, 4) is 0 Å². The molecular weight excluding hydrogens is 290 g/mol. The number of alkyl halides is 3. The summed E-state index contributed by atoms with van der Waals surface area (Å²) in [7, 11) is 0. The van der Waals surface area contributed by atoms with Gasteiger partial charge in [-0.3, -0.25) is 4.79 Å². The molecular formula is C11H6Cl2F3NO. The van der Waals surface area contributed by atoms with E-state index in [1.165, 1.54) is 12.1 Å². The predicted octanol–water partition coefficient (Wildman–Crippen LogP) is 4.16. The largest absolute Gasteiger partial charge is 0.431 e. The molecule has 1 N–H and O–H groups in total. The van der Waals surface area contributed by atoms with E-state index in [4.69, 9.17) is 23.2 Å². The minimum absolute atomic E-state index is 0.0111. The van der Waals surface area contributed by atoms with E-state index in [0.717, 1.165) is 6.92 Å². The molecule has 0 atom stereocenters. The maximum Gasteiger partial charge on any atom is 0.431 e. The van der Waals surface area contributed by atoms with Gasteiger partial charge in [0.1, 0.15) is 5.69 Å². The lowest BCUT2D eigenvalue weighted by atomic mass is 10.1. The molecule has 7 heteroatoms. The molecule has 0 amide bonds. The fourth-order valence-electron chi connectivity index (χ4n) is 1.70. The van der Waals surface area contributed by atoms with Crippen LogP contribution in [0.5, 0.6) is 0 Å². The third kappa shape index (κ3) is 1.97. The summed E-state index contributed by atoms with van der Waals surface area (Å²) in [6.07, 6.45) is -4.65. The van der Waals surface area contributed by atoms with Crippen molar-refractivity contribution in [2.75, 3.05) is 0 Å². The van der Waals surface area contributed by atoms with Crippen LogP contribution in [0.25, 0.3) is 10.9 Å². The van der Waals surface area contributed by atoms with Crippen molar-refractivity contribution < 1.29 is 13.2 Å². The van der Waals surface area contributed by atoms with E-state index in [1.54, 1.807) is 0 Å². The van der Waals surface area contributed by atoms with Crippen LogP contribution in [0.15, 0.2) is 16.9 Å². The topological polar surface area (TPSA) is 32.9 Å². The van der Waals surface area contributed by atoms with E-state index in [1.807, 2.05) is 0 Å². The van der Waals surface area contributed by atoms with Gasteiger partial charge in [-0.2, -0.15) is 13.2 Å². The van der Waals surface area contributed by atoms with Crippen molar-refractivity contribution in [2.24, 2.45) is 0 Å². The second kappa shape index (κ2) is 4.17. The van der Waals surface area contributed by atoms with Gasteiger partial charge in [0.2, 0.25) is 0 Å². The van der Waals surface area contributed by atoms with Crippen molar-refractivity contribution in [2.45, 2.75) is 13.1 Å². The van der Waals surface area contributed by atoms with Crippen LogP contribution >= 0.6 is 23.2 Å². The van der Waals surface area contributed by atoms with E-state index >= 15 is 0 Å². The number of hydrogen-bond acceptors (Lipinski definition) is 1. The first-order chi connectivity index (χ1) is 8.23. The Labute approximate surface area is 109 Å². The fraction of sp³-hybridized carbons (Fsp3) is 0.182. The number of aromatic amines is 1. The molecule has 0 saturated heterocycles. The van der Waals surface area contributed by atoms with Gasteiger partial charge in [0.15, 0.2) is 5.43 Å². The number of hydrogen-bond donors (Lipinski definition) is 1. The molecule has 2 nitrogen and oxygen atoms in total. The number of nitrogens with one attached hydrogen (secondary N) is 1. The molecule has 0 unspecified atom stereocenters. The monoisotopic (exact) mass is 295 g/mol. The number of benzene rings is 1. The average molecular weight is 296 g/mol. The molecule has 0 aliphatic rings. The molecule has 2 rings (SSSR count). The van der Waals surface area contributed by atoms with Crippen LogP contribution in [0.3, 0.4) is 0 Å². The predicted molar refractivity (Wildman–Crippen MR) is 64.3 cm³/mol. The minimum atomic E-state index is -4.65. The van der Waals surface area contributed by atoms with Gasteiger partial charge >= 0.3 is 6.18 Å². The van der Waals surface area contributed by atoms with E-state index in [9.17, 15) is 18.0 Å². The SMILES string of the molecule is Cc1c(C(F)(F)F)[nH]c2c(Cl)ccc(Cl)c2c1=O. The molecule has 0 aliphatic heterocycles. The Kier molecular flexibility index (Phi) is 3.07. The molecule has 0 aliphatic carbocycles. The second-order valence-corrected chi connectivity index (χ2v) is 4.55. The van der Waals surface area contributed by atoms with Crippen molar-refractivity contribution in [3.05, 3.63) is 43.7 Å². The number of halogens is 5. The average Bonchev–Trinajstić information content (AvgIpc) is 2.26. The van der Waals surface area contributed by atoms with Crippen LogP contribution < -0.4 is 5.43 Å². The molecule has 0 fully saturated rings. The van der Waals surface area contributed by atoms with Crippen molar-refractivity contribution in [3.63, 3.8) is 0 Å². The molecule has 0 spiro atoms. The lowest BCUT2D eigenvalue weighted by molar-refractivity contribution is -0.141. The highest BCUT2D eigenvalue weighted by atomic mass is 35.5. The normalized spacial score (nSPS) is 12.1. The Morgan fingerprint density at radius 2 is 1.72 bits per heavy atom. The third-order valence-corrected chi connectivity index (χ3v) is 3.21. The van der Waals surface area contributed by atoms with Crippen molar-refractivity contribution >= 4 is 34.1 Å². The Bertz CT molecular complexity index is 691. The van der Waals surface area contributed by atoms with Gasteiger partial charge in [0.05, 0.1) is 20.9 Å². The lowest BCUT2D eigenvalue weighted by Crippen LogP contribution is -2.19. The zero-order valence-corrected chi connectivity index (χ0v) is 10.5. The first-order valence-electron chi connectivity index (χ1n) is 4.81. The minimum Gasteiger partial charge on any atom is -0.349 e. The highest BCUT2D eigenvalue weighted by molar-refractivity contribution is 6.39. The quantitative estimate of drug-likeness (QED) is 0.778. The van der Waals surface area contributed by atoms with Gasteiger partial charge in [-0.1, -0.05) is 23.2 Å². The van der Waals surface area contributed by atoms with Gasteiger partial charge in [-0.15, -0.1) is 0 Å². The Morgan fingerprint density at radius 3 is 2.28 bits per heavy atom. The highest BCUT2D eigenvalue weighted by Crippen LogP contribution is 2.33. The summed E-state index contributed by atoms with van der Waals surface area (Å²) in [5.41, 5.74) is -2.42. The second-order valence-electron chi connectivity index (χ2n) is 3.73. The zero-order valence-electron chi connectivity index (χ0n) is 8.95. The zero-order chi connectivity index (χ0) is 13.7. The van der Waals surface area contributed by atoms with E-state index < -0.39 is 22.9 Å². The Hall–Kier alpha value is -1.20.